The van der Waals surface area contributed by atoms with Crippen LogP contribution in [0.4, 0.5) is 5.95 Å². The van der Waals surface area contributed by atoms with Gasteiger partial charge in [-0.2, -0.15) is 5.10 Å². The fourth-order valence-electron chi connectivity index (χ4n) is 4.64. The van der Waals surface area contributed by atoms with E-state index in [1.54, 1.807) is 4.68 Å². The molecule has 1 saturated heterocycles. The van der Waals surface area contributed by atoms with Crippen LogP contribution in [0.5, 0.6) is 0 Å². The van der Waals surface area contributed by atoms with Gasteiger partial charge in [-0.3, -0.25) is 4.68 Å². The molecular formula is C23H28N6. The molecule has 3 aromatic rings. The first kappa shape index (κ1) is 18.3. The second kappa shape index (κ2) is 7.95. The third kappa shape index (κ3) is 4.03. The molecule has 1 fully saturated rings. The highest BCUT2D eigenvalue weighted by atomic mass is 15.3. The van der Waals surface area contributed by atoms with Crippen molar-refractivity contribution in [3.8, 4) is 11.3 Å². The molecule has 6 heteroatoms. The summed E-state index contributed by atoms with van der Waals surface area (Å²) >= 11 is 0. The first-order valence-electron chi connectivity index (χ1n) is 10.6. The first-order valence-corrected chi connectivity index (χ1v) is 10.6. The topological polar surface area (TPSA) is 58.9 Å². The fraction of sp³-hybridized carbons (Fsp3) is 0.435. The largest absolute Gasteiger partial charge is 0.339 e. The van der Waals surface area contributed by atoms with Crippen LogP contribution in [0, 0.1) is 0 Å². The van der Waals surface area contributed by atoms with E-state index in [0.29, 0.717) is 12.1 Å². The molecule has 3 heterocycles. The summed E-state index contributed by atoms with van der Waals surface area (Å²) in [6.07, 6.45) is 11.6. The van der Waals surface area contributed by atoms with Crippen molar-refractivity contribution in [3.05, 3.63) is 60.0 Å². The van der Waals surface area contributed by atoms with Gasteiger partial charge in [0.2, 0.25) is 5.95 Å². The minimum absolute atomic E-state index is 0.506. The maximum Gasteiger partial charge on any atom is 0.225 e. The summed E-state index contributed by atoms with van der Waals surface area (Å²) in [4.78, 5) is 11.6. The number of hydrogen-bond donors (Lipinski definition) is 1. The third-order valence-corrected chi connectivity index (χ3v) is 6.23. The van der Waals surface area contributed by atoms with Gasteiger partial charge >= 0.3 is 0 Å². The van der Waals surface area contributed by atoms with Gasteiger partial charge in [-0.1, -0.05) is 24.3 Å². The van der Waals surface area contributed by atoms with Crippen molar-refractivity contribution in [2.45, 2.75) is 44.2 Å². The van der Waals surface area contributed by atoms with E-state index in [1.165, 1.54) is 36.8 Å². The van der Waals surface area contributed by atoms with Gasteiger partial charge < -0.3 is 10.2 Å². The minimum atomic E-state index is 0.506. The van der Waals surface area contributed by atoms with Crippen molar-refractivity contribution in [1.29, 1.82) is 0 Å². The van der Waals surface area contributed by atoms with Gasteiger partial charge in [0.15, 0.2) is 0 Å². The lowest BCUT2D eigenvalue weighted by atomic mass is 10.0. The van der Waals surface area contributed by atoms with Crippen LogP contribution >= 0.6 is 0 Å². The predicted molar refractivity (Wildman–Crippen MR) is 115 cm³/mol. The van der Waals surface area contributed by atoms with Crippen molar-refractivity contribution in [2.75, 3.05) is 18.0 Å². The molecule has 1 aromatic carbocycles. The zero-order valence-electron chi connectivity index (χ0n) is 17.0. The van der Waals surface area contributed by atoms with E-state index >= 15 is 0 Å². The summed E-state index contributed by atoms with van der Waals surface area (Å²) in [6, 6.07) is 12.0. The molecule has 150 valence electrons. The van der Waals surface area contributed by atoms with E-state index in [9.17, 15) is 0 Å². The summed E-state index contributed by atoms with van der Waals surface area (Å²) in [5.41, 5.74) is 5.03. The fourth-order valence-corrected chi connectivity index (χ4v) is 4.64. The van der Waals surface area contributed by atoms with Gasteiger partial charge in [0, 0.05) is 50.2 Å². The molecule has 2 aromatic heterocycles. The van der Waals surface area contributed by atoms with Gasteiger partial charge in [-0.15, -0.1) is 0 Å². The highest BCUT2D eigenvalue weighted by Crippen LogP contribution is 2.24. The Labute approximate surface area is 172 Å². The molecule has 0 spiro atoms. The molecule has 1 aliphatic carbocycles. The molecule has 0 radical (unpaired) electrons. The van der Waals surface area contributed by atoms with Gasteiger partial charge in [0.25, 0.3) is 0 Å². The number of hydrogen-bond acceptors (Lipinski definition) is 5. The zero-order valence-corrected chi connectivity index (χ0v) is 17.0. The van der Waals surface area contributed by atoms with Gasteiger partial charge in [-0.05, 0) is 49.3 Å². The summed E-state index contributed by atoms with van der Waals surface area (Å²) in [5.74, 6) is 0.823. The Hall–Kier alpha value is -2.73. The standard InChI is InChI=1S/C23H28N6/c1-28-15-19(14-25-28)22-10-12-24-23(27-22)29-13-11-21(16-29)26-20-8-6-17-4-2-3-5-18(17)7-9-20/h2-5,10,12,14-15,20-21,26H,6-9,11,13,16H2,1H3. The lowest BCUT2D eigenvalue weighted by Crippen LogP contribution is -2.40. The number of aryl methyl sites for hydroxylation is 3. The van der Waals surface area contributed by atoms with E-state index in [2.05, 4.69) is 44.6 Å². The van der Waals surface area contributed by atoms with E-state index < -0.39 is 0 Å². The maximum absolute atomic E-state index is 4.80. The van der Waals surface area contributed by atoms with Gasteiger partial charge in [0.1, 0.15) is 0 Å². The van der Waals surface area contributed by atoms with E-state index in [0.717, 1.165) is 36.7 Å². The molecule has 1 atom stereocenters. The van der Waals surface area contributed by atoms with Crippen LogP contribution in [-0.4, -0.2) is 44.9 Å². The van der Waals surface area contributed by atoms with E-state index in [1.807, 2.05) is 31.7 Å². The number of nitrogens with one attached hydrogen (secondary N) is 1. The van der Waals surface area contributed by atoms with Crippen LogP contribution in [0.3, 0.4) is 0 Å². The quantitative estimate of drug-likeness (QED) is 0.697. The van der Waals surface area contributed by atoms with Crippen LogP contribution in [-0.2, 0) is 19.9 Å². The third-order valence-electron chi connectivity index (χ3n) is 6.23. The van der Waals surface area contributed by atoms with Crippen LogP contribution < -0.4 is 10.2 Å². The predicted octanol–water partition coefficient (Wildman–Crippen LogP) is 2.99. The lowest BCUT2D eigenvalue weighted by molar-refractivity contribution is 0.410. The second-order valence-corrected chi connectivity index (χ2v) is 8.29. The Morgan fingerprint density at radius 3 is 2.52 bits per heavy atom. The molecule has 6 nitrogen and oxygen atoms in total. The average Bonchev–Trinajstić information content (AvgIpc) is 3.34. The Balaban J connectivity index is 1.21. The minimum Gasteiger partial charge on any atom is -0.339 e. The number of fused-ring (bicyclic) bond motifs is 1. The van der Waals surface area contributed by atoms with Gasteiger partial charge in [-0.25, -0.2) is 9.97 Å². The van der Waals surface area contributed by atoms with Crippen molar-refractivity contribution in [1.82, 2.24) is 25.1 Å². The molecule has 29 heavy (non-hydrogen) atoms. The zero-order chi connectivity index (χ0) is 19.6. The summed E-state index contributed by atoms with van der Waals surface area (Å²) in [7, 11) is 1.92. The smallest absolute Gasteiger partial charge is 0.225 e. The normalized spacial score (nSPS) is 19.9. The Morgan fingerprint density at radius 2 is 1.79 bits per heavy atom. The molecule has 1 N–H and O–H groups in total. The maximum atomic E-state index is 4.80. The summed E-state index contributed by atoms with van der Waals surface area (Å²) < 4.78 is 1.80. The van der Waals surface area contributed by atoms with E-state index in [4.69, 9.17) is 4.98 Å². The Morgan fingerprint density at radius 1 is 1.00 bits per heavy atom. The summed E-state index contributed by atoms with van der Waals surface area (Å²) in [6.45, 7) is 1.97. The van der Waals surface area contributed by atoms with E-state index in [-0.39, 0.29) is 0 Å². The van der Waals surface area contributed by atoms with Crippen molar-refractivity contribution >= 4 is 5.95 Å². The van der Waals surface area contributed by atoms with Crippen LogP contribution in [0.25, 0.3) is 11.3 Å². The molecular weight excluding hydrogens is 360 g/mol. The van der Waals surface area contributed by atoms with Crippen LogP contribution in [0.1, 0.15) is 30.4 Å². The number of benzene rings is 1. The summed E-state index contributed by atoms with van der Waals surface area (Å²) in [5, 5.41) is 8.18. The molecule has 0 saturated carbocycles. The number of nitrogens with zero attached hydrogens (tertiary/aromatic N) is 5. The molecule has 5 rings (SSSR count). The molecule has 1 unspecified atom stereocenters. The Kier molecular flexibility index (Phi) is 5.02. The van der Waals surface area contributed by atoms with Crippen molar-refractivity contribution in [3.63, 3.8) is 0 Å². The molecule has 0 amide bonds. The van der Waals surface area contributed by atoms with Crippen molar-refractivity contribution < 1.29 is 0 Å². The lowest BCUT2D eigenvalue weighted by Gasteiger charge is -2.22. The SMILES string of the molecule is Cn1cc(-c2ccnc(N3CCC(NC4CCc5ccccc5CC4)C3)n2)cn1. The highest BCUT2D eigenvalue weighted by molar-refractivity contribution is 5.58. The number of anilines is 1. The number of aromatic nitrogens is 4. The van der Waals surface area contributed by atoms with Crippen LogP contribution in [0.15, 0.2) is 48.9 Å². The van der Waals surface area contributed by atoms with Gasteiger partial charge in [0.05, 0.1) is 11.9 Å². The molecule has 1 aliphatic heterocycles. The molecule has 0 bridgehead atoms. The van der Waals surface area contributed by atoms with Crippen molar-refractivity contribution in [2.24, 2.45) is 7.05 Å². The molecule has 2 aliphatic rings. The first-order chi connectivity index (χ1) is 14.2. The van der Waals surface area contributed by atoms with Crippen LogP contribution in [0.2, 0.25) is 0 Å². The highest BCUT2D eigenvalue weighted by Gasteiger charge is 2.27. The monoisotopic (exact) mass is 388 g/mol. The number of rotatable bonds is 4. The second-order valence-electron chi connectivity index (χ2n) is 8.29. The Bertz CT molecular complexity index is 954. The average molecular weight is 389 g/mol.